The fourth-order valence-electron chi connectivity index (χ4n) is 2.11. The Hall–Kier alpha value is -1.84. The second-order valence-electron chi connectivity index (χ2n) is 4.65. The summed E-state index contributed by atoms with van der Waals surface area (Å²) < 4.78 is 0. The molecule has 0 heterocycles. The van der Waals surface area contributed by atoms with Crippen LogP contribution in [0.15, 0.2) is 48.5 Å². The van der Waals surface area contributed by atoms with Crippen molar-refractivity contribution in [3.8, 4) is 0 Å². The molecule has 2 aromatic carbocycles. The van der Waals surface area contributed by atoms with Gasteiger partial charge in [-0.15, -0.1) is 0 Å². The molecule has 4 heteroatoms. The van der Waals surface area contributed by atoms with Gasteiger partial charge in [0.25, 0.3) is 0 Å². The highest BCUT2D eigenvalue weighted by atomic mass is 35.5. The fourth-order valence-corrected chi connectivity index (χ4v) is 2.41. The lowest BCUT2D eigenvalue weighted by molar-refractivity contribution is 0.0999. The van der Waals surface area contributed by atoms with E-state index >= 15 is 0 Å². The van der Waals surface area contributed by atoms with Gasteiger partial charge in [0.1, 0.15) is 0 Å². The highest BCUT2D eigenvalue weighted by Gasteiger charge is 2.11. The Morgan fingerprint density at radius 2 is 1.85 bits per heavy atom. The first-order chi connectivity index (χ1) is 9.59. The minimum absolute atomic E-state index is 0.0876. The van der Waals surface area contributed by atoms with Crippen molar-refractivity contribution in [2.24, 2.45) is 5.73 Å². The minimum atomic E-state index is -0.409. The summed E-state index contributed by atoms with van der Waals surface area (Å²) in [5.41, 5.74) is 7.84. The van der Waals surface area contributed by atoms with E-state index in [1.165, 1.54) is 0 Å². The molecule has 20 heavy (non-hydrogen) atoms. The van der Waals surface area contributed by atoms with E-state index in [1.807, 2.05) is 43.3 Å². The first-order valence-corrected chi connectivity index (χ1v) is 6.83. The zero-order chi connectivity index (χ0) is 14.5. The van der Waals surface area contributed by atoms with Crippen molar-refractivity contribution in [1.82, 2.24) is 5.32 Å². The second kappa shape index (κ2) is 6.55. The number of nitrogens with one attached hydrogen (secondary N) is 1. The van der Waals surface area contributed by atoms with E-state index in [0.717, 1.165) is 16.1 Å². The molecular formula is C16H17ClN2O. The van der Waals surface area contributed by atoms with Crippen LogP contribution in [0.25, 0.3) is 0 Å². The first-order valence-electron chi connectivity index (χ1n) is 6.45. The first kappa shape index (κ1) is 14.6. The van der Waals surface area contributed by atoms with Crippen LogP contribution in [0, 0.1) is 0 Å². The SMILES string of the molecule is CC(NCc1ccccc1C(N)=O)c1ccccc1Cl. The van der Waals surface area contributed by atoms with Crippen LogP contribution in [0.2, 0.25) is 5.02 Å². The molecule has 0 radical (unpaired) electrons. The maximum atomic E-state index is 11.4. The van der Waals surface area contributed by atoms with Gasteiger partial charge in [-0.3, -0.25) is 4.79 Å². The summed E-state index contributed by atoms with van der Waals surface area (Å²) in [5.74, 6) is -0.409. The normalized spacial score (nSPS) is 12.1. The van der Waals surface area contributed by atoms with E-state index in [0.29, 0.717) is 12.1 Å². The molecular weight excluding hydrogens is 272 g/mol. The number of amides is 1. The Kier molecular flexibility index (Phi) is 4.77. The van der Waals surface area contributed by atoms with Crippen LogP contribution in [0.1, 0.15) is 34.5 Å². The molecule has 3 N–H and O–H groups in total. The van der Waals surface area contributed by atoms with E-state index in [1.54, 1.807) is 12.1 Å². The Bertz CT molecular complexity index is 613. The number of primary amides is 1. The molecule has 3 nitrogen and oxygen atoms in total. The molecule has 0 saturated heterocycles. The summed E-state index contributed by atoms with van der Waals surface area (Å²) in [7, 11) is 0. The van der Waals surface area contributed by atoms with Crippen molar-refractivity contribution < 1.29 is 4.79 Å². The number of hydrogen-bond acceptors (Lipinski definition) is 2. The number of benzene rings is 2. The molecule has 104 valence electrons. The zero-order valence-electron chi connectivity index (χ0n) is 11.3. The molecule has 1 atom stereocenters. The molecule has 0 bridgehead atoms. The Morgan fingerprint density at radius 1 is 1.20 bits per heavy atom. The largest absolute Gasteiger partial charge is 0.366 e. The summed E-state index contributed by atoms with van der Waals surface area (Å²) in [6, 6.07) is 15.1. The van der Waals surface area contributed by atoms with Gasteiger partial charge >= 0.3 is 0 Å². The summed E-state index contributed by atoms with van der Waals surface area (Å²) >= 11 is 6.17. The molecule has 0 aromatic heterocycles. The molecule has 0 fully saturated rings. The second-order valence-corrected chi connectivity index (χ2v) is 5.05. The quantitative estimate of drug-likeness (QED) is 0.887. The van der Waals surface area contributed by atoms with Crippen LogP contribution in [0.3, 0.4) is 0 Å². The van der Waals surface area contributed by atoms with Gasteiger partial charge in [0, 0.05) is 23.2 Å². The molecule has 1 unspecified atom stereocenters. The van der Waals surface area contributed by atoms with Gasteiger partial charge < -0.3 is 11.1 Å². The van der Waals surface area contributed by atoms with Gasteiger partial charge in [-0.2, -0.15) is 0 Å². The average Bonchev–Trinajstić information content (AvgIpc) is 2.45. The fraction of sp³-hybridized carbons (Fsp3) is 0.188. The third kappa shape index (κ3) is 3.38. The van der Waals surface area contributed by atoms with Crippen LogP contribution in [-0.4, -0.2) is 5.91 Å². The van der Waals surface area contributed by atoms with Gasteiger partial charge in [-0.05, 0) is 30.2 Å². The van der Waals surface area contributed by atoms with Crippen molar-refractivity contribution in [3.05, 3.63) is 70.2 Å². The predicted molar refractivity (Wildman–Crippen MR) is 81.7 cm³/mol. The van der Waals surface area contributed by atoms with E-state index < -0.39 is 5.91 Å². The Balaban J connectivity index is 2.10. The van der Waals surface area contributed by atoms with E-state index in [2.05, 4.69) is 5.32 Å². The van der Waals surface area contributed by atoms with Crippen molar-refractivity contribution in [2.75, 3.05) is 0 Å². The molecule has 2 rings (SSSR count). The number of carbonyl (C=O) groups excluding carboxylic acids is 1. The Morgan fingerprint density at radius 3 is 2.55 bits per heavy atom. The van der Waals surface area contributed by atoms with Crippen molar-refractivity contribution in [2.45, 2.75) is 19.5 Å². The van der Waals surface area contributed by atoms with E-state index in [9.17, 15) is 4.79 Å². The highest BCUT2D eigenvalue weighted by Crippen LogP contribution is 2.22. The smallest absolute Gasteiger partial charge is 0.249 e. The summed E-state index contributed by atoms with van der Waals surface area (Å²) in [6.07, 6.45) is 0. The van der Waals surface area contributed by atoms with Crippen LogP contribution in [0.5, 0.6) is 0 Å². The molecule has 0 spiro atoms. The predicted octanol–water partition coefficient (Wildman–Crippen LogP) is 3.29. The molecule has 0 aliphatic carbocycles. The third-order valence-corrected chi connectivity index (χ3v) is 3.60. The lowest BCUT2D eigenvalue weighted by Gasteiger charge is -2.16. The maximum absolute atomic E-state index is 11.4. The number of nitrogens with two attached hydrogens (primary N) is 1. The maximum Gasteiger partial charge on any atom is 0.249 e. The molecule has 0 aliphatic heterocycles. The van der Waals surface area contributed by atoms with Crippen molar-refractivity contribution in [3.63, 3.8) is 0 Å². The summed E-state index contributed by atoms with van der Waals surface area (Å²) in [6.45, 7) is 2.60. The lowest BCUT2D eigenvalue weighted by atomic mass is 10.1. The average molecular weight is 289 g/mol. The monoisotopic (exact) mass is 288 g/mol. The van der Waals surface area contributed by atoms with Crippen LogP contribution < -0.4 is 11.1 Å². The number of rotatable bonds is 5. The van der Waals surface area contributed by atoms with Gasteiger partial charge in [0.2, 0.25) is 5.91 Å². The summed E-state index contributed by atoms with van der Waals surface area (Å²) in [5, 5.41) is 4.09. The minimum Gasteiger partial charge on any atom is -0.366 e. The van der Waals surface area contributed by atoms with Gasteiger partial charge in [-0.1, -0.05) is 48.0 Å². The van der Waals surface area contributed by atoms with E-state index in [-0.39, 0.29) is 6.04 Å². The Labute approximate surface area is 123 Å². The third-order valence-electron chi connectivity index (χ3n) is 3.25. The molecule has 1 amide bonds. The number of carbonyl (C=O) groups is 1. The van der Waals surface area contributed by atoms with Crippen molar-refractivity contribution in [1.29, 1.82) is 0 Å². The summed E-state index contributed by atoms with van der Waals surface area (Å²) in [4.78, 5) is 11.4. The number of halogens is 1. The lowest BCUT2D eigenvalue weighted by Crippen LogP contribution is -2.21. The van der Waals surface area contributed by atoms with Crippen LogP contribution in [0.4, 0.5) is 0 Å². The van der Waals surface area contributed by atoms with Crippen molar-refractivity contribution >= 4 is 17.5 Å². The van der Waals surface area contributed by atoms with Gasteiger partial charge in [-0.25, -0.2) is 0 Å². The van der Waals surface area contributed by atoms with Gasteiger partial charge in [0.15, 0.2) is 0 Å². The van der Waals surface area contributed by atoms with Crippen LogP contribution in [-0.2, 0) is 6.54 Å². The van der Waals surface area contributed by atoms with Gasteiger partial charge in [0.05, 0.1) is 0 Å². The number of hydrogen-bond donors (Lipinski definition) is 2. The molecule has 0 saturated carbocycles. The zero-order valence-corrected chi connectivity index (χ0v) is 12.0. The molecule has 0 aliphatic rings. The highest BCUT2D eigenvalue weighted by molar-refractivity contribution is 6.31. The van der Waals surface area contributed by atoms with Crippen LogP contribution >= 0.6 is 11.6 Å². The topological polar surface area (TPSA) is 55.1 Å². The standard InChI is InChI=1S/C16H17ClN2O/c1-11(13-7-4-5-9-15(13)17)19-10-12-6-2-3-8-14(12)16(18)20/h2-9,11,19H,10H2,1H3,(H2,18,20). The molecule has 2 aromatic rings. The van der Waals surface area contributed by atoms with E-state index in [4.69, 9.17) is 17.3 Å².